The molecule has 1 heterocycles. The molecule has 0 aliphatic heterocycles. The lowest BCUT2D eigenvalue weighted by molar-refractivity contribution is -0.147. The molecule has 0 radical (unpaired) electrons. The lowest BCUT2D eigenvalue weighted by Gasteiger charge is -2.57. The Morgan fingerprint density at radius 1 is 1.43 bits per heavy atom. The van der Waals surface area contributed by atoms with Crippen molar-refractivity contribution in [2.75, 3.05) is 14.2 Å². The standard InChI is InChI=1S/C17H24N2O4/c1-5-17(6-2)13(10-14(17)23-4)19(3)15(20)11-7-8-18-12(9-11)16(21)22/h7-9,13-14H,5-6,10H2,1-4H3,(H,21,22). The molecule has 1 aromatic heterocycles. The number of methoxy groups -OCH3 is 1. The molecule has 1 fully saturated rings. The highest BCUT2D eigenvalue weighted by Gasteiger charge is 2.55. The molecule has 1 aliphatic rings. The molecule has 2 unspecified atom stereocenters. The second kappa shape index (κ2) is 6.66. The van der Waals surface area contributed by atoms with E-state index < -0.39 is 5.97 Å². The molecule has 2 rings (SSSR count). The van der Waals surface area contributed by atoms with Crippen LogP contribution in [0.4, 0.5) is 0 Å². The molecular formula is C17H24N2O4. The van der Waals surface area contributed by atoms with Gasteiger partial charge in [-0.25, -0.2) is 9.78 Å². The summed E-state index contributed by atoms with van der Waals surface area (Å²) in [5.41, 5.74) is 0.189. The van der Waals surface area contributed by atoms with Crippen molar-refractivity contribution >= 4 is 11.9 Å². The third kappa shape index (κ3) is 2.83. The first kappa shape index (κ1) is 17.4. The van der Waals surface area contributed by atoms with Crippen LogP contribution in [-0.2, 0) is 4.74 Å². The number of carboxylic acids is 1. The van der Waals surface area contributed by atoms with Gasteiger partial charge in [-0.15, -0.1) is 0 Å². The molecule has 1 aliphatic carbocycles. The van der Waals surface area contributed by atoms with Crippen LogP contribution in [0, 0.1) is 5.41 Å². The molecule has 1 saturated carbocycles. The van der Waals surface area contributed by atoms with Gasteiger partial charge in [-0.3, -0.25) is 4.79 Å². The quantitative estimate of drug-likeness (QED) is 0.871. The third-order valence-corrected chi connectivity index (χ3v) is 5.36. The van der Waals surface area contributed by atoms with Gasteiger partial charge in [0.25, 0.3) is 5.91 Å². The zero-order valence-corrected chi connectivity index (χ0v) is 14.1. The summed E-state index contributed by atoms with van der Waals surface area (Å²) >= 11 is 0. The molecular weight excluding hydrogens is 296 g/mol. The summed E-state index contributed by atoms with van der Waals surface area (Å²) in [5, 5.41) is 9.02. The summed E-state index contributed by atoms with van der Waals surface area (Å²) in [6.07, 6.45) is 4.18. The van der Waals surface area contributed by atoms with Crippen LogP contribution in [0.3, 0.4) is 0 Å². The highest BCUT2D eigenvalue weighted by atomic mass is 16.5. The number of carboxylic acid groups (broad SMARTS) is 1. The number of rotatable bonds is 6. The maximum absolute atomic E-state index is 12.7. The molecule has 0 bridgehead atoms. The highest BCUT2D eigenvalue weighted by Crippen LogP contribution is 2.51. The minimum Gasteiger partial charge on any atom is -0.477 e. The van der Waals surface area contributed by atoms with Crippen molar-refractivity contribution in [2.45, 2.75) is 45.3 Å². The van der Waals surface area contributed by atoms with E-state index in [0.717, 1.165) is 19.3 Å². The number of pyridine rings is 1. The van der Waals surface area contributed by atoms with E-state index >= 15 is 0 Å². The van der Waals surface area contributed by atoms with Gasteiger partial charge in [0.05, 0.1) is 6.10 Å². The van der Waals surface area contributed by atoms with E-state index in [1.54, 1.807) is 25.1 Å². The minimum absolute atomic E-state index is 0.0399. The van der Waals surface area contributed by atoms with Crippen molar-refractivity contribution in [2.24, 2.45) is 5.41 Å². The lowest BCUT2D eigenvalue weighted by atomic mass is 9.58. The fourth-order valence-corrected chi connectivity index (χ4v) is 3.80. The molecule has 1 N–H and O–H groups in total. The van der Waals surface area contributed by atoms with Crippen LogP contribution in [0.25, 0.3) is 0 Å². The van der Waals surface area contributed by atoms with Gasteiger partial charge in [0.2, 0.25) is 0 Å². The second-order valence-corrected chi connectivity index (χ2v) is 6.07. The zero-order chi connectivity index (χ0) is 17.2. The van der Waals surface area contributed by atoms with Crippen LogP contribution in [0.2, 0.25) is 0 Å². The fourth-order valence-electron chi connectivity index (χ4n) is 3.80. The summed E-state index contributed by atoms with van der Waals surface area (Å²) in [7, 11) is 3.49. The molecule has 0 spiro atoms. The van der Waals surface area contributed by atoms with Gasteiger partial charge in [-0.1, -0.05) is 13.8 Å². The number of nitrogens with zero attached hydrogens (tertiary/aromatic N) is 2. The summed E-state index contributed by atoms with van der Waals surface area (Å²) in [6.45, 7) is 4.24. The van der Waals surface area contributed by atoms with E-state index in [1.165, 1.54) is 12.3 Å². The molecule has 23 heavy (non-hydrogen) atoms. The van der Waals surface area contributed by atoms with Gasteiger partial charge >= 0.3 is 5.97 Å². The molecule has 0 saturated heterocycles. The Morgan fingerprint density at radius 2 is 2.09 bits per heavy atom. The van der Waals surface area contributed by atoms with Crippen molar-refractivity contribution < 1.29 is 19.4 Å². The van der Waals surface area contributed by atoms with Crippen molar-refractivity contribution in [1.29, 1.82) is 0 Å². The fraction of sp³-hybridized carbons (Fsp3) is 0.588. The molecule has 1 aromatic rings. The predicted octanol–water partition coefficient (Wildman–Crippen LogP) is 2.45. The SMILES string of the molecule is CCC1(CC)C(OC)CC1N(C)C(=O)c1ccnc(C(=O)O)c1. The van der Waals surface area contributed by atoms with Gasteiger partial charge < -0.3 is 14.7 Å². The lowest BCUT2D eigenvalue weighted by Crippen LogP contribution is -2.64. The molecule has 0 aromatic carbocycles. The minimum atomic E-state index is -1.14. The van der Waals surface area contributed by atoms with E-state index in [-0.39, 0.29) is 29.2 Å². The molecule has 1 amide bonds. The van der Waals surface area contributed by atoms with Gasteiger partial charge in [0.15, 0.2) is 0 Å². The van der Waals surface area contributed by atoms with E-state index in [0.29, 0.717) is 5.56 Å². The number of hydrogen-bond acceptors (Lipinski definition) is 4. The third-order valence-electron chi connectivity index (χ3n) is 5.36. The van der Waals surface area contributed by atoms with Gasteiger partial charge in [-0.05, 0) is 31.4 Å². The maximum atomic E-state index is 12.7. The number of carbonyl (C=O) groups excluding carboxylic acids is 1. The molecule has 126 valence electrons. The van der Waals surface area contributed by atoms with Crippen molar-refractivity contribution in [3.63, 3.8) is 0 Å². The first-order chi connectivity index (χ1) is 10.9. The molecule has 2 atom stereocenters. The smallest absolute Gasteiger partial charge is 0.354 e. The molecule has 6 heteroatoms. The van der Waals surface area contributed by atoms with Gasteiger partial charge in [-0.2, -0.15) is 0 Å². The van der Waals surface area contributed by atoms with Crippen LogP contribution in [0.15, 0.2) is 18.3 Å². The zero-order valence-electron chi connectivity index (χ0n) is 14.1. The first-order valence-electron chi connectivity index (χ1n) is 7.90. The average Bonchev–Trinajstić information content (AvgIpc) is 2.55. The van der Waals surface area contributed by atoms with E-state index in [1.807, 2.05) is 0 Å². The van der Waals surface area contributed by atoms with Crippen LogP contribution < -0.4 is 0 Å². The van der Waals surface area contributed by atoms with Crippen molar-refractivity contribution in [3.05, 3.63) is 29.6 Å². The Hall–Kier alpha value is -1.95. The van der Waals surface area contributed by atoms with Crippen LogP contribution >= 0.6 is 0 Å². The highest BCUT2D eigenvalue weighted by molar-refractivity contribution is 5.96. The Kier molecular flexibility index (Phi) is 5.04. The molecule has 6 nitrogen and oxygen atoms in total. The van der Waals surface area contributed by atoms with Crippen LogP contribution in [0.1, 0.15) is 54.0 Å². The number of carbonyl (C=O) groups is 2. The number of hydrogen-bond donors (Lipinski definition) is 1. The number of ether oxygens (including phenoxy) is 1. The average molecular weight is 320 g/mol. The number of amides is 1. The van der Waals surface area contributed by atoms with Crippen molar-refractivity contribution in [3.8, 4) is 0 Å². The normalized spacial score (nSPS) is 22.3. The Labute approximate surface area is 136 Å². The van der Waals surface area contributed by atoms with Crippen LogP contribution in [0.5, 0.6) is 0 Å². The van der Waals surface area contributed by atoms with Crippen molar-refractivity contribution in [1.82, 2.24) is 9.88 Å². The first-order valence-corrected chi connectivity index (χ1v) is 7.90. The van der Waals surface area contributed by atoms with Crippen LogP contribution in [-0.4, -0.2) is 53.2 Å². The Morgan fingerprint density at radius 3 is 2.61 bits per heavy atom. The predicted molar refractivity (Wildman–Crippen MR) is 85.5 cm³/mol. The summed E-state index contributed by atoms with van der Waals surface area (Å²) in [4.78, 5) is 29.2. The summed E-state index contributed by atoms with van der Waals surface area (Å²) in [5.74, 6) is -1.32. The number of aromatic nitrogens is 1. The van der Waals surface area contributed by atoms with Gasteiger partial charge in [0, 0.05) is 37.4 Å². The second-order valence-electron chi connectivity index (χ2n) is 6.07. The Bertz CT molecular complexity index is 598. The summed E-state index contributed by atoms with van der Waals surface area (Å²) < 4.78 is 5.57. The number of aromatic carboxylic acids is 1. The monoisotopic (exact) mass is 320 g/mol. The van der Waals surface area contributed by atoms with E-state index in [4.69, 9.17) is 9.84 Å². The van der Waals surface area contributed by atoms with Gasteiger partial charge in [0.1, 0.15) is 5.69 Å². The Balaban J connectivity index is 2.23. The van der Waals surface area contributed by atoms with E-state index in [9.17, 15) is 9.59 Å². The summed E-state index contributed by atoms with van der Waals surface area (Å²) in [6, 6.07) is 2.97. The maximum Gasteiger partial charge on any atom is 0.354 e. The topological polar surface area (TPSA) is 79.7 Å². The van der Waals surface area contributed by atoms with E-state index in [2.05, 4.69) is 18.8 Å². The largest absolute Gasteiger partial charge is 0.477 e.